The molecule has 6 nitrogen and oxygen atoms in total. The lowest BCUT2D eigenvalue weighted by molar-refractivity contribution is -0.113. The maximum atomic E-state index is 12.1. The summed E-state index contributed by atoms with van der Waals surface area (Å²) in [6.45, 7) is 2.03. The molecule has 2 N–H and O–H groups in total. The Morgan fingerprint density at radius 2 is 1.85 bits per heavy atom. The van der Waals surface area contributed by atoms with E-state index in [0.717, 1.165) is 15.6 Å². The number of methoxy groups -OCH3 is 1. The molecule has 0 aliphatic carbocycles. The molecule has 0 bridgehead atoms. The lowest BCUT2D eigenvalue weighted by Crippen LogP contribution is -2.14. The highest BCUT2D eigenvalue weighted by molar-refractivity contribution is 8.01. The molecule has 0 aliphatic rings. The number of hydrogen-bond donors (Lipinski definition) is 2. The zero-order valence-corrected chi connectivity index (χ0v) is 16.0. The van der Waals surface area contributed by atoms with Crippen molar-refractivity contribution in [1.29, 1.82) is 0 Å². The van der Waals surface area contributed by atoms with Crippen LogP contribution in [0, 0.1) is 6.92 Å². The van der Waals surface area contributed by atoms with Crippen LogP contribution in [0.2, 0.25) is 0 Å². The molecule has 134 valence electrons. The van der Waals surface area contributed by atoms with Crippen LogP contribution in [0.15, 0.2) is 52.9 Å². The summed E-state index contributed by atoms with van der Waals surface area (Å²) in [4.78, 5) is 12.1. The first-order valence-electron chi connectivity index (χ1n) is 7.87. The molecule has 26 heavy (non-hydrogen) atoms. The minimum atomic E-state index is -0.122. The van der Waals surface area contributed by atoms with E-state index in [4.69, 9.17) is 4.74 Å². The van der Waals surface area contributed by atoms with Crippen molar-refractivity contribution in [2.45, 2.75) is 11.3 Å². The average Bonchev–Trinajstić information content (AvgIpc) is 3.10. The number of carbonyl (C=O) groups is 1. The van der Waals surface area contributed by atoms with E-state index in [2.05, 4.69) is 20.8 Å². The van der Waals surface area contributed by atoms with E-state index in [1.807, 2.05) is 43.3 Å². The van der Waals surface area contributed by atoms with Crippen molar-refractivity contribution >= 4 is 45.5 Å². The van der Waals surface area contributed by atoms with Crippen LogP contribution in [0.1, 0.15) is 5.56 Å². The number of aromatic nitrogens is 2. The number of benzene rings is 2. The van der Waals surface area contributed by atoms with Gasteiger partial charge in [-0.2, -0.15) is 0 Å². The highest BCUT2D eigenvalue weighted by Gasteiger charge is 2.11. The Balaban J connectivity index is 1.54. The minimum absolute atomic E-state index is 0.122. The number of ether oxygens (including phenoxy) is 1. The van der Waals surface area contributed by atoms with Crippen LogP contribution >= 0.6 is 23.1 Å². The lowest BCUT2D eigenvalue weighted by Gasteiger charge is -2.08. The fourth-order valence-corrected chi connectivity index (χ4v) is 3.77. The summed E-state index contributed by atoms with van der Waals surface area (Å²) >= 11 is 2.77. The molecule has 1 aromatic heterocycles. The van der Waals surface area contributed by atoms with Crippen molar-refractivity contribution in [3.8, 4) is 5.75 Å². The number of rotatable bonds is 7. The summed E-state index contributed by atoms with van der Waals surface area (Å²) in [6.07, 6.45) is 0. The zero-order valence-electron chi connectivity index (χ0n) is 14.4. The molecule has 8 heteroatoms. The van der Waals surface area contributed by atoms with E-state index in [1.165, 1.54) is 23.1 Å². The standard InChI is InChI=1S/C18H18N4O2S2/c1-12-7-3-4-8-13(12)20-17-21-22-18(26-17)25-11-16(23)19-14-9-5-6-10-15(14)24-2/h3-10H,11H2,1-2H3,(H,19,23)(H,20,21). The summed E-state index contributed by atoms with van der Waals surface area (Å²) in [5, 5.41) is 15.0. The Morgan fingerprint density at radius 3 is 2.62 bits per heavy atom. The normalized spacial score (nSPS) is 10.4. The maximum absolute atomic E-state index is 12.1. The van der Waals surface area contributed by atoms with Crippen LogP contribution in [0.4, 0.5) is 16.5 Å². The molecule has 0 saturated carbocycles. The largest absolute Gasteiger partial charge is 0.495 e. The van der Waals surface area contributed by atoms with E-state index in [0.29, 0.717) is 16.6 Å². The van der Waals surface area contributed by atoms with Gasteiger partial charge in [0.05, 0.1) is 18.6 Å². The molecule has 0 atom stereocenters. The highest BCUT2D eigenvalue weighted by atomic mass is 32.2. The number of nitrogens with one attached hydrogen (secondary N) is 2. The van der Waals surface area contributed by atoms with Crippen LogP contribution in [0.3, 0.4) is 0 Å². The number of anilines is 3. The van der Waals surface area contributed by atoms with Gasteiger partial charge in [-0.15, -0.1) is 10.2 Å². The third-order valence-corrected chi connectivity index (χ3v) is 5.47. The van der Waals surface area contributed by atoms with E-state index in [9.17, 15) is 4.79 Å². The highest BCUT2D eigenvalue weighted by Crippen LogP contribution is 2.29. The second-order valence-electron chi connectivity index (χ2n) is 5.35. The number of para-hydroxylation sites is 3. The Bertz CT molecular complexity index is 898. The topological polar surface area (TPSA) is 76.1 Å². The first-order valence-corrected chi connectivity index (χ1v) is 9.68. The number of amides is 1. The zero-order chi connectivity index (χ0) is 18.4. The predicted molar refractivity (Wildman–Crippen MR) is 107 cm³/mol. The molecule has 3 rings (SSSR count). The summed E-state index contributed by atoms with van der Waals surface area (Å²) in [5.74, 6) is 0.756. The Labute approximate surface area is 160 Å². The van der Waals surface area contributed by atoms with Gasteiger partial charge in [-0.05, 0) is 30.7 Å². The van der Waals surface area contributed by atoms with Crippen LogP contribution in [-0.4, -0.2) is 29.0 Å². The van der Waals surface area contributed by atoms with Crippen molar-refractivity contribution in [2.75, 3.05) is 23.5 Å². The van der Waals surface area contributed by atoms with Gasteiger partial charge < -0.3 is 15.4 Å². The minimum Gasteiger partial charge on any atom is -0.495 e. The molecule has 0 spiro atoms. The van der Waals surface area contributed by atoms with Crippen molar-refractivity contribution in [3.05, 3.63) is 54.1 Å². The van der Waals surface area contributed by atoms with E-state index < -0.39 is 0 Å². The second-order valence-corrected chi connectivity index (χ2v) is 7.55. The van der Waals surface area contributed by atoms with Crippen LogP contribution in [-0.2, 0) is 4.79 Å². The van der Waals surface area contributed by atoms with Crippen molar-refractivity contribution < 1.29 is 9.53 Å². The fraction of sp³-hybridized carbons (Fsp3) is 0.167. The van der Waals surface area contributed by atoms with Gasteiger partial charge in [-0.3, -0.25) is 4.79 Å². The lowest BCUT2D eigenvalue weighted by atomic mass is 10.2. The molecule has 0 aliphatic heterocycles. The van der Waals surface area contributed by atoms with E-state index in [1.54, 1.807) is 19.2 Å². The average molecular weight is 387 g/mol. The molecule has 0 unspecified atom stereocenters. The van der Waals surface area contributed by atoms with Crippen LogP contribution in [0.5, 0.6) is 5.75 Å². The van der Waals surface area contributed by atoms with Crippen molar-refractivity contribution in [1.82, 2.24) is 10.2 Å². The number of thioether (sulfide) groups is 1. The smallest absolute Gasteiger partial charge is 0.234 e. The van der Waals surface area contributed by atoms with Crippen molar-refractivity contribution in [2.24, 2.45) is 0 Å². The predicted octanol–water partition coefficient (Wildman–Crippen LogP) is 4.33. The van der Waals surface area contributed by atoms with Gasteiger partial charge >= 0.3 is 0 Å². The molecular formula is C18H18N4O2S2. The van der Waals surface area contributed by atoms with Crippen LogP contribution in [0.25, 0.3) is 0 Å². The molecule has 0 fully saturated rings. The monoisotopic (exact) mass is 386 g/mol. The van der Waals surface area contributed by atoms with Gasteiger partial charge in [0.2, 0.25) is 11.0 Å². The number of nitrogens with zero attached hydrogens (tertiary/aromatic N) is 2. The summed E-state index contributed by atoms with van der Waals surface area (Å²) < 4.78 is 5.96. The molecule has 1 heterocycles. The van der Waals surface area contributed by atoms with Gasteiger partial charge in [0, 0.05) is 5.69 Å². The van der Waals surface area contributed by atoms with E-state index >= 15 is 0 Å². The quantitative estimate of drug-likeness (QED) is 0.589. The van der Waals surface area contributed by atoms with Crippen molar-refractivity contribution in [3.63, 3.8) is 0 Å². The summed E-state index contributed by atoms with van der Waals surface area (Å²) in [7, 11) is 1.57. The molecule has 3 aromatic rings. The molecule has 2 aromatic carbocycles. The third kappa shape index (κ3) is 4.74. The van der Waals surface area contributed by atoms with Gasteiger partial charge in [0.15, 0.2) is 4.34 Å². The van der Waals surface area contributed by atoms with Gasteiger partial charge in [-0.25, -0.2) is 0 Å². The summed E-state index contributed by atoms with van der Waals surface area (Å²) in [6, 6.07) is 15.3. The first-order chi connectivity index (χ1) is 12.7. The molecule has 0 saturated heterocycles. The first kappa shape index (κ1) is 18.2. The van der Waals surface area contributed by atoms with Crippen LogP contribution < -0.4 is 15.4 Å². The Hall–Kier alpha value is -2.58. The second kappa shape index (κ2) is 8.68. The Morgan fingerprint density at radius 1 is 1.12 bits per heavy atom. The maximum Gasteiger partial charge on any atom is 0.234 e. The van der Waals surface area contributed by atoms with Gasteiger partial charge in [-0.1, -0.05) is 53.4 Å². The number of aryl methyl sites for hydroxylation is 1. The van der Waals surface area contributed by atoms with Gasteiger partial charge in [0.25, 0.3) is 0 Å². The molecular weight excluding hydrogens is 368 g/mol. The SMILES string of the molecule is COc1ccccc1NC(=O)CSc1nnc(Nc2ccccc2C)s1. The summed E-state index contributed by atoms with van der Waals surface area (Å²) in [5.41, 5.74) is 2.78. The van der Waals surface area contributed by atoms with Gasteiger partial charge in [0.1, 0.15) is 5.75 Å². The van der Waals surface area contributed by atoms with E-state index in [-0.39, 0.29) is 11.7 Å². The third-order valence-electron chi connectivity index (χ3n) is 3.50. The molecule has 0 radical (unpaired) electrons. The number of hydrogen-bond acceptors (Lipinski definition) is 7. The number of carbonyl (C=O) groups excluding carboxylic acids is 1. The fourth-order valence-electron chi connectivity index (χ4n) is 2.21. The molecule has 1 amide bonds. The Kier molecular flexibility index (Phi) is 6.08.